The van der Waals surface area contributed by atoms with Crippen LogP contribution in [0.3, 0.4) is 0 Å². The van der Waals surface area contributed by atoms with Crippen molar-refractivity contribution in [3.8, 4) is 0 Å². The molecule has 3 nitrogen and oxygen atoms in total. The second-order valence-corrected chi connectivity index (χ2v) is 4.77. The molecule has 1 aromatic carbocycles. The predicted octanol–water partition coefficient (Wildman–Crippen LogP) is 3.26. The van der Waals surface area contributed by atoms with Crippen molar-refractivity contribution in [3.63, 3.8) is 0 Å². The van der Waals surface area contributed by atoms with Gasteiger partial charge in [0.25, 0.3) is 0 Å². The van der Waals surface area contributed by atoms with Gasteiger partial charge in [-0.05, 0) is 30.7 Å². The first kappa shape index (κ1) is 13.1. The second-order valence-electron chi connectivity index (χ2n) is 4.36. The first-order valence-electron chi connectivity index (χ1n) is 6.18. The molecular weight excluding hydrogens is 246 g/mol. The van der Waals surface area contributed by atoms with E-state index in [0.717, 1.165) is 29.4 Å². The molecule has 0 fully saturated rings. The van der Waals surface area contributed by atoms with Gasteiger partial charge in [-0.3, -0.25) is 0 Å². The summed E-state index contributed by atoms with van der Waals surface area (Å²) in [5.74, 6) is 0.994. The minimum Gasteiger partial charge on any atom is -0.349 e. The number of aryl methyl sites for hydroxylation is 1. The molecule has 0 spiro atoms. The van der Waals surface area contributed by atoms with E-state index in [1.807, 2.05) is 19.2 Å². The molecule has 1 atom stereocenters. The maximum Gasteiger partial charge on any atom is 0.107 e. The first-order valence-corrected chi connectivity index (χ1v) is 6.56. The maximum absolute atomic E-state index is 6.07. The highest BCUT2D eigenvalue weighted by atomic mass is 35.5. The molecule has 1 unspecified atom stereocenters. The van der Waals surface area contributed by atoms with Gasteiger partial charge in [-0.25, -0.2) is 4.98 Å². The van der Waals surface area contributed by atoms with Crippen LogP contribution < -0.4 is 5.32 Å². The summed E-state index contributed by atoms with van der Waals surface area (Å²) in [7, 11) is 0. The highest BCUT2D eigenvalue weighted by Gasteiger charge is 2.13. The van der Waals surface area contributed by atoms with Crippen LogP contribution in [-0.4, -0.2) is 16.5 Å². The Kier molecular flexibility index (Phi) is 4.39. The molecule has 0 saturated carbocycles. The third-order valence-electron chi connectivity index (χ3n) is 2.99. The number of halogens is 1. The molecule has 4 heteroatoms. The molecule has 18 heavy (non-hydrogen) atoms. The number of hydrogen-bond donors (Lipinski definition) is 2. The van der Waals surface area contributed by atoms with Crippen LogP contribution in [0.1, 0.15) is 29.9 Å². The van der Waals surface area contributed by atoms with Crippen LogP contribution in [0.15, 0.2) is 30.6 Å². The molecule has 0 saturated heterocycles. The van der Waals surface area contributed by atoms with Crippen LogP contribution in [-0.2, 0) is 6.42 Å². The lowest BCUT2D eigenvalue weighted by Gasteiger charge is -2.18. The van der Waals surface area contributed by atoms with Crippen molar-refractivity contribution in [2.24, 2.45) is 0 Å². The van der Waals surface area contributed by atoms with Gasteiger partial charge in [0.2, 0.25) is 0 Å². The Balaban J connectivity index is 2.20. The zero-order valence-corrected chi connectivity index (χ0v) is 11.5. The summed E-state index contributed by atoms with van der Waals surface area (Å²) in [5, 5.41) is 4.29. The van der Waals surface area contributed by atoms with Crippen molar-refractivity contribution >= 4 is 11.6 Å². The Bertz CT molecular complexity index is 494. The molecule has 0 aliphatic rings. The van der Waals surface area contributed by atoms with Crippen LogP contribution in [0.2, 0.25) is 5.02 Å². The zero-order valence-electron chi connectivity index (χ0n) is 10.7. The summed E-state index contributed by atoms with van der Waals surface area (Å²) in [6.45, 7) is 5.06. The summed E-state index contributed by atoms with van der Waals surface area (Å²) in [6, 6.07) is 6.43. The topological polar surface area (TPSA) is 40.7 Å². The summed E-state index contributed by atoms with van der Waals surface area (Å²) in [5.41, 5.74) is 2.35. The van der Waals surface area contributed by atoms with Gasteiger partial charge in [-0.15, -0.1) is 0 Å². The largest absolute Gasteiger partial charge is 0.349 e. The standard InChI is InChI=1S/C14H18ClN3/c1-3-16-13(9-14-17-6-7-18-14)11-4-5-12(15)10(2)8-11/h4-8,13,16H,3,9H2,1-2H3,(H,17,18). The third-order valence-corrected chi connectivity index (χ3v) is 3.41. The molecule has 2 N–H and O–H groups in total. The molecular formula is C14H18ClN3. The van der Waals surface area contributed by atoms with Crippen molar-refractivity contribution in [3.05, 3.63) is 52.6 Å². The lowest BCUT2D eigenvalue weighted by atomic mass is 10.0. The van der Waals surface area contributed by atoms with E-state index in [9.17, 15) is 0 Å². The van der Waals surface area contributed by atoms with Crippen molar-refractivity contribution in [2.45, 2.75) is 26.3 Å². The number of nitrogens with zero attached hydrogens (tertiary/aromatic N) is 1. The SMILES string of the molecule is CCNC(Cc1ncc[nH]1)c1ccc(Cl)c(C)c1. The number of aromatic nitrogens is 2. The normalized spacial score (nSPS) is 12.6. The fourth-order valence-corrected chi connectivity index (χ4v) is 2.16. The Hall–Kier alpha value is -1.32. The van der Waals surface area contributed by atoms with Crippen molar-refractivity contribution in [1.29, 1.82) is 0 Å². The van der Waals surface area contributed by atoms with E-state index in [0.29, 0.717) is 0 Å². The third kappa shape index (κ3) is 3.12. The van der Waals surface area contributed by atoms with Gasteiger partial charge < -0.3 is 10.3 Å². The number of aromatic amines is 1. The fraction of sp³-hybridized carbons (Fsp3) is 0.357. The molecule has 0 bridgehead atoms. The number of nitrogens with one attached hydrogen (secondary N) is 2. The number of hydrogen-bond acceptors (Lipinski definition) is 2. The van der Waals surface area contributed by atoms with E-state index in [-0.39, 0.29) is 6.04 Å². The zero-order chi connectivity index (χ0) is 13.0. The van der Waals surface area contributed by atoms with Crippen LogP contribution in [0.4, 0.5) is 0 Å². The molecule has 96 valence electrons. The predicted molar refractivity (Wildman–Crippen MR) is 74.9 cm³/mol. The average molecular weight is 264 g/mol. The number of rotatable bonds is 5. The molecule has 0 aliphatic heterocycles. The monoisotopic (exact) mass is 263 g/mol. The van der Waals surface area contributed by atoms with Crippen LogP contribution in [0.5, 0.6) is 0 Å². The average Bonchev–Trinajstić information content (AvgIpc) is 2.85. The van der Waals surface area contributed by atoms with E-state index < -0.39 is 0 Å². The lowest BCUT2D eigenvalue weighted by molar-refractivity contribution is 0.539. The van der Waals surface area contributed by atoms with Gasteiger partial charge in [0.05, 0.1) is 0 Å². The second kappa shape index (κ2) is 6.03. The summed E-state index contributed by atoms with van der Waals surface area (Å²) >= 11 is 6.07. The van der Waals surface area contributed by atoms with Crippen molar-refractivity contribution < 1.29 is 0 Å². The van der Waals surface area contributed by atoms with Gasteiger partial charge in [0, 0.05) is 29.9 Å². The molecule has 0 amide bonds. The maximum atomic E-state index is 6.07. The van der Waals surface area contributed by atoms with E-state index >= 15 is 0 Å². The van der Waals surface area contributed by atoms with Crippen LogP contribution >= 0.6 is 11.6 Å². The lowest BCUT2D eigenvalue weighted by Crippen LogP contribution is -2.23. The summed E-state index contributed by atoms with van der Waals surface area (Å²) < 4.78 is 0. The molecule has 0 aliphatic carbocycles. The Labute approximate surface area is 113 Å². The Morgan fingerprint density at radius 2 is 2.28 bits per heavy atom. The van der Waals surface area contributed by atoms with Gasteiger partial charge in [-0.1, -0.05) is 30.7 Å². The minimum atomic E-state index is 0.261. The molecule has 1 heterocycles. The fourth-order valence-electron chi connectivity index (χ4n) is 2.04. The van der Waals surface area contributed by atoms with Gasteiger partial charge in [-0.2, -0.15) is 0 Å². The molecule has 2 rings (SSSR count). The van der Waals surface area contributed by atoms with Crippen LogP contribution in [0.25, 0.3) is 0 Å². The van der Waals surface area contributed by atoms with E-state index in [2.05, 4.69) is 34.3 Å². The highest BCUT2D eigenvalue weighted by Crippen LogP contribution is 2.22. The first-order chi connectivity index (χ1) is 8.70. The number of imidazole rings is 1. The quantitative estimate of drug-likeness (QED) is 0.869. The van der Waals surface area contributed by atoms with Crippen LogP contribution in [0, 0.1) is 6.92 Å². The Morgan fingerprint density at radius 1 is 1.44 bits per heavy atom. The molecule has 1 aromatic heterocycles. The van der Waals surface area contributed by atoms with Gasteiger partial charge >= 0.3 is 0 Å². The van der Waals surface area contributed by atoms with Gasteiger partial charge in [0.1, 0.15) is 5.82 Å². The summed E-state index contributed by atoms with van der Waals surface area (Å²) in [4.78, 5) is 7.43. The summed E-state index contributed by atoms with van der Waals surface area (Å²) in [6.07, 6.45) is 4.48. The number of H-pyrrole nitrogens is 1. The number of likely N-dealkylation sites (N-methyl/N-ethyl adjacent to an activating group) is 1. The van der Waals surface area contributed by atoms with E-state index in [1.165, 1.54) is 5.56 Å². The smallest absolute Gasteiger partial charge is 0.107 e. The molecule has 0 radical (unpaired) electrons. The Morgan fingerprint density at radius 3 is 2.89 bits per heavy atom. The van der Waals surface area contributed by atoms with E-state index in [4.69, 9.17) is 11.6 Å². The van der Waals surface area contributed by atoms with Crippen molar-refractivity contribution in [2.75, 3.05) is 6.54 Å². The highest BCUT2D eigenvalue weighted by molar-refractivity contribution is 6.31. The number of benzene rings is 1. The molecule has 2 aromatic rings. The minimum absolute atomic E-state index is 0.261. The van der Waals surface area contributed by atoms with Crippen molar-refractivity contribution in [1.82, 2.24) is 15.3 Å². The van der Waals surface area contributed by atoms with Gasteiger partial charge in [0.15, 0.2) is 0 Å². The van der Waals surface area contributed by atoms with E-state index in [1.54, 1.807) is 6.20 Å².